The van der Waals surface area contributed by atoms with E-state index in [4.69, 9.17) is 5.73 Å². The van der Waals surface area contributed by atoms with Gasteiger partial charge in [-0.15, -0.1) is 0 Å². The summed E-state index contributed by atoms with van der Waals surface area (Å²) >= 11 is 0. The van der Waals surface area contributed by atoms with Gasteiger partial charge in [0, 0.05) is 18.7 Å². The van der Waals surface area contributed by atoms with Crippen LogP contribution in [0.5, 0.6) is 0 Å². The van der Waals surface area contributed by atoms with Crippen molar-refractivity contribution in [1.82, 2.24) is 15.5 Å². The van der Waals surface area contributed by atoms with Crippen LogP contribution in [0.1, 0.15) is 49.0 Å². The number of hydrogen-bond acceptors (Lipinski definition) is 3. The molecule has 26 heavy (non-hydrogen) atoms. The van der Waals surface area contributed by atoms with E-state index in [1.165, 1.54) is 25.9 Å². The number of carbonyl (C=O) groups excluding carboxylic acids is 1. The summed E-state index contributed by atoms with van der Waals surface area (Å²) in [6, 6.07) is 7.27. The third-order valence-electron chi connectivity index (χ3n) is 4.82. The van der Waals surface area contributed by atoms with E-state index in [2.05, 4.69) is 34.4 Å². The molecule has 144 valence electrons. The molecule has 6 heteroatoms. The monoisotopic (exact) mass is 359 g/mol. The maximum atomic E-state index is 11.1. The fourth-order valence-electron chi connectivity index (χ4n) is 3.08. The first kappa shape index (κ1) is 20.2. The summed E-state index contributed by atoms with van der Waals surface area (Å²) in [5, 5.41) is 6.68. The Balaban J connectivity index is 1.74. The van der Waals surface area contributed by atoms with Gasteiger partial charge >= 0.3 is 0 Å². The van der Waals surface area contributed by atoms with Crippen molar-refractivity contribution < 1.29 is 4.79 Å². The van der Waals surface area contributed by atoms with Crippen LogP contribution in [0.25, 0.3) is 0 Å². The first-order chi connectivity index (χ1) is 12.6. The molecule has 1 amide bonds. The second kappa shape index (κ2) is 10.8. The van der Waals surface area contributed by atoms with Crippen LogP contribution < -0.4 is 16.4 Å². The Labute approximate surface area is 157 Å². The normalized spacial score (nSPS) is 16.5. The van der Waals surface area contributed by atoms with Crippen LogP contribution in [-0.2, 0) is 6.54 Å². The topological polar surface area (TPSA) is 82.7 Å². The van der Waals surface area contributed by atoms with Crippen LogP contribution in [0.3, 0.4) is 0 Å². The van der Waals surface area contributed by atoms with Gasteiger partial charge in [-0.05, 0) is 69.4 Å². The van der Waals surface area contributed by atoms with Crippen molar-refractivity contribution in [3.8, 4) is 0 Å². The molecule has 1 aromatic carbocycles. The Morgan fingerprint density at radius 1 is 1.23 bits per heavy atom. The summed E-state index contributed by atoms with van der Waals surface area (Å²) in [4.78, 5) is 18.3. The number of guanidine groups is 1. The fraction of sp³-hybridized carbons (Fsp3) is 0.600. The molecule has 0 radical (unpaired) electrons. The van der Waals surface area contributed by atoms with Crippen molar-refractivity contribution in [1.29, 1.82) is 0 Å². The number of amides is 1. The number of likely N-dealkylation sites (tertiary alicyclic amines) is 1. The minimum Gasteiger partial charge on any atom is -0.366 e. The third-order valence-corrected chi connectivity index (χ3v) is 4.82. The lowest BCUT2D eigenvalue weighted by Crippen LogP contribution is -2.39. The molecule has 0 aliphatic carbocycles. The van der Waals surface area contributed by atoms with Crippen LogP contribution >= 0.6 is 0 Å². The van der Waals surface area contributed by atoms with Crippen LogP contribution in [0.4, 0.5) is 0 Å². The standard InChI is InChI=1S/C20H33N5O/c1-3-22-20(23-11-4-12-25-13-9-16(2)10-14-25)24-15-17-5-7-18(8-6-17)19(21)26/h5-8,16H,3-4,9-15H2,1-2H3,(H2,21,26)(H2,22,23,24). The lowest BCUT2D eigenvalue weighted by Gasteiger charge is -2.30. The average Bonchev–Trinajstić information content (AvgIpc) is 2.65. The van der Waals surface area contributed by atoms with Crippen molar-refractivity contribution in [2.75, 3.05) is 32.7 Å². The molecule has 1 saturated heterocycles. The molecule has 0 atom stereocenters. The maximum absolute atomic E-state index is 11.1. The average molecular weight is 360 g/mol. The molecule has 0 bridgehead atoms. The molecule has 0 saturated carbocycles. The number of hydrogen-bond donors (Lipinski definition) is 3. The van der Waals surface area contributed by atoms with Gasteiger partial charge in [0.25, 0.3) is 0 Å². The molecular weight excluding hydrogens is 326 g/mol. The van der Waals surface area contributed by atoms with E-state index in [1.807, 2.05) is 12.1 Å². The molecule has 1 fully saturated rings. The number of aliphatic imine (C=N–C) groups is 1. The maximum Gasteiger partial charge on any atom is 0.248 e. The number of nitrogens with zero attached hydrogens (tertiary/aromatic N) is 2. The van der Waals surface area contributed by atoms with Gasteiger partial charge in [-0.2, -0.15) is 0 Å². The number of piperidine rings is 1. The van der Waals surface area contributed by atoms with Gasteiger partial charge < -0.3 is 21.3 Å². The highest BCUT2D eigenvalue weighted by Crippen LogP contribution is 2.15. The van der Waals surface area contributed by atoms with Gasteiger partial charge in [-0.1, -0.05) is 19.1 Å². The number of nitrogens with two attached hydrogens (primary N) is 1. The summed E-state index contributed by atoms with van der Waals surface area (Å²) in [7, 11) is 0. The Morgan fingerprint density at radius 3 is 2.54 bits per heavy atom. The highest BCUT2D eigenvalue weighted by atomic mass is 16.1. The van der Waals surface area contributed by atoms with Crippen LogP contribution in [0, 0.1) is 5.92 Å². The predicted octanol–water partition coefficient (Wildman–Crippen LogP) is 1.96. The molecule has 0 aromatic heterocycles. The Hall–Kier alpha value is -2.08. The van der Waals surface area contributed by atoms with Gasteiger partial charge in [0.1, 0.15) is 0 Å². The van der Waals surface area contributed by atoms with E-state index >= 15 is 0 Å². The first-order valence-electron chi connectivity index (χ1n) is 9.71. The van der Waals surface area contributed by atoms with E-state index in [-0.39, 0.29) is 0 Å². The van der Waals surface area contributed by atoms with Gasteiger partial charge in [0.15, 0.2) is 5.96 Å². The zero-order valence-corrected chi connectivity index (χ0v) is 16.1. The van der Waals surface area contributed by atoms with E-state index in [0.29, 0.717) is 12.1 Å². The molecular formula is C20H33N5O. The molecule has 0 spiro atoms. The van der Waals surface area contributed by atoms with Gasteiger partial charge in [-0.25, -0.2) is 4.99 Å². The third kappa shape index (κ3) is 7.04. The van der Waals surface area contributed by atoms with Gasteiger partial charge in [0.05, 0.1) is 6.54 Å². The Morgan fingerprint density at radius 2 is 1.92 bits per heavy atom. The molecule has 2 rings (SSSR count). The predicted molar refractivity (Wildman–Crippen MR) is 107 cm³/mol. The summed E-state index contributed by atoms with van der Waals surface area (Å²) in [6.07, 6.45) is 3.77. The van der Waals surface area contributed by atoms with Crippen molar-refractivity contribution in [2.45, 2.75) is 39.7 Å². The number of primary amides is 1. The second-order valence-corrected chi connectivity index (χ2v) is 7.06. The van der Waals surface area contributed by atoms with E-state index in [0.717, 1.165) is 43.5 Å². The van der Waals surface area contributed by atoms with Gasteiger partial charge in [0.2, 0.25) is 5.91 Å². The zero-order valence-electron chi connectivity index (χ0n) is 16.1. The molecule has 6 nitrogen and oxygen atoms in total. The second-order valence-electron chi connectivity index (χ2n) is 7.06. The highest BCUT2D eigenvalue weighted by molar-refractivity contribution is 5.92. The minimum atomic E-state index is -0.404. The largest absolute Gasteiger partial charge is 0.366 e. The summed E-state index contributed by atoms with van der Waals surface area (Å²) in [5.41, 5.74) is 6.84. The minimum absolute atomic E-state index is 0.404. The van der Waals surface area contributed by atoms with Crippen molar-refractivity contribution in [3.05, 3.63) is 35.4 Å². The Bertz CT molecular complexity index is 576. The van der Waals surface area contributed by atoms with Gasteiger partial charge in [-0.3, -0.25) is 4.79 Å². The van der Waals surface area contributed by atoms with E-state index in [9.17, 15) is 4.79 Å². The molecule has 4 N–H and O–H groups in total. The molecule has 1 aliphatic rings. The molecule has 1 heterocycles. The van der Waals surface area contributed by atoms with Crippen LogP contribution in [0.15, 0.2) is 29.3 Å². The Kier molecular flexibility index (Phi) is 8.41. The van der Waals surface area contributed by atoms with E-state index in [1.54, 1.807) is 12.1 Å². The van der Waals surface area contributed by atoms with Crippen molar-refractivity contribution in [2.24, 2.45) is 16.6 Å². The fourth-order valence-corrected chi connectivity index (χ4v) is 3.08. The van der Waals surface area contributed by atoms with E-state index < -0.39 is 5.91 Å². The molecule has 0 unspecified atom stereocenters. The zero-order chi connectivity index (χ0) is 18.8. The summed E-state index contributed by atoms with van der Waals surface area (Å²) < 4.78 is 0. The quantitative estimate of drug-likeness (QED) is 0.376. The summed E-state index contributed by atoms with van der Waals surface area (Å²) in [5.74, 6) is 1.31. The van der Waals surface area contributed by atoms with Crippen LogP contribution in [0.2, 0.25) is 0 Å². The molecule has 1 aromatic rings. The lowest BCUT2D eigenvalue weighted by molar-refractivity contribution is 0.100. The smallest absolute Gasteiger partial charge is 0.248 e. The number of carbonyl (C=O) groups is 1. The number of nitrogens with one attached hydrogen (secondary N) is 2. The highest BCUT2D eigenvalue weighted by Gasteiger charge is 2.14. The first-order valence-corrected chi connectivity index (χ1v) is 9.71. The molecule has 1 aliphatic heterocycles. The van der Waals surface area contributed by atoms with Crippen molar-refractivity contribution in [3.63, 3.8) is 0 Å². The summed E-state index contributed by atoms with van der Waals surface area (Å²) in [6.45, 7) is 10.3. The number of rotatable bonds is 8. The van der Waals surface area contributed by atoms with Crippen molar-refractivity contribution >= 4 is 11.9 Å². The van der Waals surface area contributed by atoms with Crippen LogP contribution in [-0.4, -0.2) is 49.5 Å². The number of benzene rings is 1. The lowest BCUT2D eigenvalue weighted by atomic mass is 9.99. The SMILES string of the molecule is CCNC(=NCc1ccc(C(N)=O)cc1)NCCCN1CCC(C)CC1.